The molecule has 0 saturated carbocycles. The van der Waals surface area contributed by atoms with E-state index in [1.165, 1.54) is 11.9 Å². The SMILES string of the molecule is Cc1cc(C)c(OCC(=O)OCC(=O)N(C)CC(=O)NC(C)(C)C)c(C)c1. The second-order valence-corrected chi connectivity index (χ2v) is 7.73. The van der Waals surface area contributed by atoms with E-state index in [1.807, 2.05) is 53.7 Å². The van der Waals surface area contributed by atoms with E-state index < -0.39 is 18.5 Å². The van der Waals surface area contributed by atoms with Crippen molar-refractivity contribution in [3.8, 4) is 5.75 Å². The number of esters is 1. The molecule has 0 aliphatic heterocycles. The molecule has 1 N–H and O–H groups in total. The maximum absolute atomic E-state index is 12.0. The van der Waals surface area contributed by atoms with Gasteiger partial charge >= 0.3 is 5.97 Å². The van der Waals surface area contributed by atoms with E-state index in [0.717, 1.165) is 16.7 Å². The van der Waals surface area contributed by atoms with Gasteiger partial charge in [0.15, 0.2) is 13.2 Å². The normalized spacial score (nSPS) is 10.9. The maximum atomic E-state index is 12.0. The standard InChI is InChI=1S/C20H30N2O5/c1-13-8-14(2)19(15(3)9-13)27-12-18(25)26-11-17(24)22(7)10-16(23)21-20(4,5)6/h8-9H,10-12H2,1-7H3,(H,21,23). The van der Waals surface area contributed by atoms with Gasteiger partial charge < -0.3 is 19.7 Å². The van der Waals surface area contributed by atoms with Gasteiger partial charge in [0.25, 0.3) is 5.91 Å². The molecule has 0 unspecified atom stereocenters. The molecule has 0 radical (unpaired) electrons. The number of amides is 2. The summed E-state index contributed by atoms with van der Waals surface area (Å²) in [5.74, 6) is -0.747. The average molecular weight is 378 g/mol. The fourth-order valence-electron chi connectivity index (χ4n) is 2.58. The molecule has 1 aromatic carbocycles. The van der Waals surface area contributed by atoms with Gasteiger partial charge in [0.2, 0.25) is 5.91 Å². The molecule has 0 atom stereocenters. The van der Waals surface area contributed by atoms with Crippen molar-refractivity contribution < 1.29 is 23.9 Å². The summed E-state index contributed by atoms with van der Waals surface area (Å²) in [4.78, 5) is 36.9. The highest BCUT2D eigenvalue weighted by Gasteiger charge is 2.19. The van der Waals surface area contributed by atoms with Gasteiger partial charge in [0.05, 0.1) is 6.54 Å². The van der Waals surface area contributed by atoms with Crippen LogP contribution >= 0.6 is 0 Å². The summed E-state index contributed by atoms with van der Waals surface area (Å²) in [6.45, 7) is 10.5. The van der Waals surface area contributed by atoms with E-state index in [1.54, 1.807) is 0 Å². The van der Waals surface area contributed by atoms with Crippen molar-refractivity contribution in [3.05, 3.63) is 28.8 Å². The molecular weight excluding hydrogens is 348 g/mol. The lowest BCUT2D eigenvalue weighted by atomic mass is 10.1. The number of nitrogens with one attached hydrogen (secondary N) is 1. The second-order valence-electron chi connectivity index (χ2n) is 7.73. The zero-order chi connectivity index (χ0) is 20.8. The first-order valence-electron chi connectivity index (χ1n) is 8.80. The first-order valence-corrected chi connectivity index (χ1v) is 8.80. The molecule has 0 heterocycles. The van der Waals surface area contributed by atoms with E-state index in [2.05, 4.69) is 5.32 Å². The summed E-state index contributed by atoms with van der Waals surface area (Å²) >= 11 is 0. The van der Waals surface area contributed by atoms with Gasteiger partial charge in [-0.2, -0.15) is 0 Å². The fourth-order valence-corrected chi connectivity index (χ4v) is 2.58. The monoisotopic (exact) mass is 378 g/mol. The number of nitrogens with zero attached hydrogens (tertiary/aromatic N) is 1. The van der Waals surface area contributed by atoms with Crippen LogP contribution in [0.5, 0.6) is 5.75 Å². The zero-order valence-electron chi connectivity index (χ0n) is 17.3. The lowest BCUT2D eigenvalue weighted by molar-refractivity contribution is -0.153. The highest BCUT2D eigenvalue weighted by atomic mass is 16.6. The number of rotatable bonds is 7. The Bertz CT molecular complexity index is 684. The minimum atomic E-state index is -0.643. The van der Waals surface area contributed by atoms with Crippen molar-refractivity contribution in [1.29, 1.82) is 0 Å². The third kappa shape index (κ3) is 8.11. The van der Waals surface area contributed by atoms with Crippen LogP contribution in [0.4, 0.5) is 0 Å². The first-order chi connectivity index (χ1) is 12.4. The van der Waals surface area contributed by atoms with E-state index in [9.17, 15) is 14.4 Å². The largest absolute Gasteiger partial charge is 0.481 e. The van der Waals surface area contributed by atoms with Gasteiger partial charge in [-0.05, 0) is 52.7 Å². The van der Waals surface area contributed by atoms with Crippen LogP contribution in [0, 0.1) is 20.8 Å². The number of hydrogen-bond acceptors (Lipinski definition) is 5. The van der Waals surface area contributed by atoms with Gasteiger partial charge in [0, 0.05) is 12.6 Å². The molecule has 0 fully saturated rings. The molecule has 1 aromatic rings. The quantitative estimate of drug-likeness (QED) is 0.733. The lowest BCUT2D eigenvalue weighted by Gasteiger charge is -2.23. The summed E-state index contributed by atoms with van der Waals surface area (Å²) in [6, 6.07) is 3.93. The molecule has 27 heavy (non-hydrogen) atoms. The van der Waals surface area contributed by atoms with Crippen LogP contribution in [0.3, 0.4) is 0 Å². The van der Waals surface area contributed by atoms with Crippen molar-refractivity contribution >= 4 is 17.8 Å². The van der Waals surface area contributed by atoms with E-state index in [4.69, 9.17) is 9.47 Å². The van der Waals surface area contributed by atoms with Crippen molar-refractivity contribution in [3.63, 3.8) is 0 Å². The third-order valence-electron chi connectivity index (χ3n) is 3.62. The molecule has 0 aromatic heterocycles. The number of likely N-dealkylation sites (N-methyl/N-ethyl adjacent to an activating group) is 1. The van der Waals surface area contributed by atoms with Gasteiger partial charge in [-0.25, -0.2) is 4.79 Å². The first kappa shape index (κ1) is 22.5. The molecule has 2 amide bonds. The molecule has 0 saturated heterocycles. The van der Waals surface area contributed by atoms with Crippen LogP contribution in [-0.2, 0) is 19.1 Å². The highest BCUT2D eigenvalue weighted by Crippen LogP contribution is 2.24. The van der Waals surface area contributed by atoms with Crippen LogP contribution in [-0.4, -0.2) is 55.0 Å². The Balaban J connectivity index is 2.43. The molecule has 0 bridgehead atoms. The summed E-state index contributed by atoms with van der Waals surface area (Å²) in [5, 5.41) is 2.76. The summed E-state index contributed by atoms with van der Waals surface area (Å²) in [5.41, 5.74) is 2.60. The minimum Gasteiger partial charge on any atom is -0.481 e. The number of aryl methyl sites for hydroxylation is 3. The summed E-state index contributed by atoms with van der Waals surface area (Å²) < 4.78 is 10.5. The van der Waals surface area contributed by atoms with Gasteiger partial charge in [0.1, 0.15) is 5.75 Å². The summed E-state index contributed by atoms with van der Waals surface area (Å²) in [7, 11) is 1.48. The minimum absolute atomic E-state index is 0.105. The van der Waals surface area contributed by atoms with Crippen LogP contribution in [0.1, 0.15) is 37.5 Å². The molecule has 1 rings (SSSR count). The number of benzene rings is 1. The van der Waals surface area contributed by atoms with Crippen molar-refractivity contribution in [2.75, 3.05) is 26.8 Å². The number of carbonyl (C=O) groups excluding carboxylic acids is 3. The smallest absolute Gasteiger partial charge is 0.344 e. The fraction of sp³-hybridized carbons (Fsp3) is 0.550. The molecule has 150 valence electrons. The Morgan fingerprint density at radius 3 is 2.11 bits per heavy atom. The molecule has 0 aliphatic carbocycles. The number of hydrogen-bond donors (Lipinski definition) is 1. The van der Waals surface area contributed by atoms with Crippen LogP contribution < -0.4 is 10.1 Å². The third-order valence-corrected chi connectivity index (χ3v) is 3.62. The second kappa shape index (κ2) is 9.39. The van der Waals surface area contributed by atoms with Gasteiger partial charge in [-0.1, -0.05) is 17.7 Å². The summed E-state index contributed by atoms with van der Waals surface area (Å²) in [6.07, 6.45) is 0. The topological polar surface area (TPSA) is 84.9 Å². The Morgan fingerprint density at radius 2 is 1.59 bits per heavy atom. The predicted octanol–water partition coefficient (Wildman–Crippen LogP) is 1.91. The molecule has 0 spiro atoms. The Morgan fingerprint density at radius 1 is 1.04 bits per heavy atom. The van der Waals surface area contributed by atoms with E-state index in [0.29, 0.717) is 5.75 Å². The molecule has 7 nitrogen and oxygen atoms in total. The Hall–Kier alpha value is -2.57. The Kier molecular flexibility index (Phi) is 7.82. The Labute approximate surface area is 161 Å². The van der Waals surface area contributed by atoms with Crippen LogP contribution in [0.15, 0.2) is 12.1 Å². The van der Waals surface area contributed by atoms with Crippen molar-refractivity contribution in [2.24, 2.45) is 0 Å². The zero-order valence-corrected chi connectivity index (χ0v) is 17.3. The van der Waals surface area contributed by atoms with E-state index >= 15 is 0 Å². The number of ether oxygens (including phenoxy) is 2. The number of carbonyl (C=O) groups is 3. The molecule has 7 heteroatoms. The van der Waals surface area contributed by atoms with Crippen molar-refractivity contribution in [2.45, 2.75) is 47.1 Å². The maximum Gasteiger partial charge on any atom is 0.344 e. The lowest BCUT2D eigenvalue weighted by Crippen LogP contribution is -2.47. The van der Waals surface area contributed by atoms with E-state index in [-0.39, 0.29) is 24.6 Å². The molecular formula is C20H30N2O5. The average Bonchev–Trinajstić information content (AvgIpc) is 2.49. The van der Waals surface area contributed by atoms with Gasteiger partial charge in [-0.3, -0.25) is 9.59 Å². The van der Waals surface area contributed by atoms with Gasteiger partial charge in [-0.15, -0.1) is 0 Å². The van der Waals surface area contributed by atoms with Crippen LogP contribution in [0.25, 0.3) is 0 Å². The highest BCUT2D eigenvalue weighted by molar-refractivity contribution is 5.86. The molecule has 0 aliphatic rings. The van der Waals surface area contributed by atoms with Crippen molar-refractivity contribution in [1.82, 2.24) is 10.2 Å². The predicted molar refractivity (Wildman–Crippen MR) is 103 cm³/mol. The van der Waals surface area contributed by atoms with Crippen LogP contribution in [0.2, 0.25) is 0 Å².